The minimum atomic E-state index is -0.0276. The Balaban J connectivity index is 2.01. The van der Waals surface area contributed by atoms with Crippen LogP contribution in [0.25, 0.3) is 0 Å². The zero-order chi connectivity index (χ0) is 17.0. The molecule has 0 fully saturated rings. The molecule has 2 heterocycles. The highest BCUT2D eigenvalue weighted by molar-refractivity contribution is 7.98. The van der Waals surface area contributed by atoms with Crippen LogP contribution in [0.5, 0.6) is 0 Å². The molecule has 0 aliphatic carbocycles. The van der Waals surface area contributed by atoms with Crippen LogP contribution < -0.4 is 5.32 Å². The molecule has 23 heavy (non-hydrogen) atoms. The number of hydrogen-bond acceptors (Lipinski definition) is 5. The summed E-state index contributed by atoms with van der Waals surface area (Å²) in [5.41, 5.74) is 2.94. The Bertz CT molecular complexity index is 673. The summed E-state index contributed by atoms with van der Waals surface area (Å²) in [4.78, 5) is 21.1. The summed E-state index contributed by atoms with van der Waals surface area (Å²) < 4.78 is 1.80. The average molecular weight is 333 g/mol. The Hall–Kier alpha value is -1.89. The van der Waals surface area contributed by atoms with Gasteiger partial charge >= 0.3 is 0 Å². The van der Waals surface area contributed by atoms with Crippen molar-refractivity contribution < 1.29 is 4.79 Å². The molecular formula is C16H23N5OS. The zero-order valence-corrected chi connectivity index (χ0v) is 15.1. The van der Waals surface area contributed by atoms with Crippen molar-refractivity contribution in [2.75, 3.05) is 11.6 Å². The van der Waals surface area contributed by atoms with E-state index in [1.807, 2.05) is 40.0 Å². The van der Waals surface area contributed by atoms with E-state index in [0.29, 0.717) is 12.8 Å². The normalized spacial score (nSPS) is 11.0. The van der Waals surface area contributed by atoms with E-state index in [2.05, 4.69) is 20.4 Å². The SMILES string of the molecule is CSc1nc(C)c(CCC(=O)Nc2ccnn2C(C)C)c(C)n1. The maximum absolute atomic E-state index is 12.2. The van der Waals surface area contributed by atoms with Crippen LogP contribution >= 0.6 is 11.8 Å². The molecular weight excluding hydrogens is 310 g/mol. The number of amides is 1. The number of aryl methyl sites for hydroxylation is 2. The average Bonchev–Trinajstić information content (AvgIpc) is 2.94. The van der Waals surface area contributed by atoms with Gasteiger partial charge in [0.1, 0.15) is 5.82 Å². The molecule has 1 amide bonds. The minimum absolute atomic E-state index is 0.0276. The maximum atomic E-state index is 12.2. The third-order valence-corrected chi connectivity index (χ3v) is 4.16. The lowest BCUT2D eigenvalue weighted by molar-refractivity contribution is -0.116. The Kier molecular flexibility index (Phi) is 5.76. The maximum Gasteiger partial charge on any atom is 0.225 e. The van der Waals surface area contributed by atoms with Crippen molar-refractivity contribution in [3.63, 3.8) is 0 Å². The van der Waals surface area contributed by atoms with Crippen molar-refractivity contribution in [3.05, 3.63) is 29.2 Å². The first-order valence-electron chi connectivity index (χ1n) is 7.63. The third-order valence-electron chi connectivity index (χ3n) is 3.61. The first kappa shape index (κ1) is 17.5. The highest BCUT2D eigenvalue weighted by Crippen LogP contribution is 2.18. The smallest absolute Gasteiger partial charge is 0.225 e. The van der Waals surface area contributed by atoms with E-state index in [0.717, 1.165) is 27.9 Å². The Labute approximate surface area is 141 Å². The molecule has 0 bridgehead atoms. The number of hydrogen-bond donors (Lipinski definition) is 1. The first-order valence-corrected chi connectivity index (χ1v) is 8.86. The summed E-state index contributed by atoms with van der Waals surface area (Å²) in [7, 11) is 0. The van der Waals surface area contributed by atoms with Crippen molar-refractivity contribution in [2.45, 2.75) is 51.7 Å². The van der Waals surface area contributed by atoms with Gasteiger partial charge in [0.25, 0.3) is 0 Å². The summed E-state index contributed by atoms with van der Waals surface area (Å²) in [5, 5.41) is 7.91. The van der Waals surface area contributed by atoms with Gasteiger partial charge in [-0.3, -0.25) is 4.79 Å². The lowest BCUT2D eigenvalue weighted by Gasteiger charge is -2.12. The van der Waals surface area contributed by atoms with E-state index in [1.165, 1.54) is 11.8 Å². The molecule has 0 aliphatic heterocycles. The number of nitrogens with one attached hydrogen (secondary N) is 1. The lowest BCUT2D eigenvalue weighted by atomic mass is 10.1. The number of carbonyl (C=O) groups is 1. The van der Waals surface area contributed by atoms with Crippen molar-refractivity contribution in [1.82, 2.24) is 19.7 Å². The van der Waals surface area contributed by atoms with Gasteiger partial charge in [-0.25, -0.2) is 14.6 Å². The van der Waals surface area contributed by atoms with E-state index in [-0.39, 0.29) is 11.9 Å². The third kappa shape index (κ3) is 4.31. The van der Waals surface area contributed by atoms with E-state index < -0.39 is 0 Å². The van der Waals surface area contributed by atoms with Crippen LogP contribution in [0.3, 0.4) is 0 Å². The van der Waals surface area contributed by atoms with Gasteiger partial charge in [-0.1, -0.05) is 11.8 Å². The predicted molar refractivity (Wildman–Crippen MR) is 92.8 cm³/mol. The second-order valence-corrected chi connectivity index (χ2v) is 6.44. The minimum Gasteiger partial charge on any atom is -0.311 e. The quantitative estimate of drug-likeness (QED) is 0.649. The molecule has 0 spiro atoms. The van der Waals surface area contributed by atoms with E-state index in [4.69, 9.17) is 0 Å². The van der Waals surface area contributed by atoms with Crippen LogP contribution in [0.15, 0.2) is 17.4 Å². The molecule has 0 saturated heterocycles. The first-order chi connectivity index (χ1) is 10.9. The molecule has 0 saturated carbocycles. The van der Waals surface area contributed by atoms with E-state index in [9.17, 15) is 4.79 Å². The molecule has 7 heteroatoms. The highest BCUT2D eigenvalue weighted by atomic mass is 32.2. The molecule has 0 aliphatic rings. The molecule has 2 aromatic heterocycles. The van der Waals surface area contributed by atoms with Gasteiger partial charge < -0.3 is 5.32 Å². The molecule has 124 valence electrons. The van der Waals surface area contributed by atoms with Crippen LogP contribution in [0.2, 0.25) is 0 Å². The summed E-state index contributed by atoms with van der Waals surface area (Å²) >= 11 is 1.53. The second kappa shape index (κ2) is 7.59. The second-order valence-electron chi connectivity index (χ2n) is 5.66. The Morgan fingerprint density at radius 1 is 1.30 bits per heavy atom. The summed E-state index contributed by atoms with van der Waals surface area (Å²) in [6, 6.07) is 2.02. The van der Waals surface area contributed by atoms with Gasteiger partial charge in [0.05, 0.1) is 6.20 Å². The fraction of sp³-hybridized carbons (Fsp3) is 0.500. The number of aromatic nitrogens is 4. The fourth-order valence-corrected chi connectivity index (χ4v) is 2.89. The van der Waals surface area contributed by atoms with Gasteiger partial charge in [0.15, 0.2) is 5.16 Å². The molecule has 2 aromatic rings. The van der Waals surface area contributed by atoms with Crippen molar-refractivity contribution >= 4 is 23.5 Å². The fourth-order valence-electron chi connectivity index (χ4n) is 2.43. The predicted octanol–water partition coefficient (Wildman–Crippen LogP) is 3.16. The number of anilines is 1. The lowest BCUT2D eigenvalue weighted by Crippen LogP contribution is -2.17. The van der Waals surface area contributed by atoms with Gasteiger partial charge in [0, 0.05) is 29.9 Å². The summed E-state index contributed by atoms with van der Waals surface area (Å²) in [6.45, 7) is 7.99. The number of nitrogens with zero attached hydrogens (tertiary/aromatic N) is 4. The molecule has 6 nitrogen and oxygen atoms in total. The van der Waals surface area contributed by atoms with Crippen LogP contribution in [-0.4, -0.2) is 31.9 Å². The largest absolute Gasteiger partial charge is 0.311 e. The van der Waals surface area contributed by atoms with Gasteiger partial charge in [-0.2, -0.15) is 5.10 Å². The molecule has 1 N–H and O–H groups in total. The zero-order valence-electron chi connectivity index (χ0n) is 14.3. The highest BCUT2D eigenvalue weighted by Gasteiger charge is 2.13. The van der Waals surface area contributed by atoms with E-state index >= 15 is 0 Å². The van der Waals surface area contributed by atoms with Crippen LogP contribution in [0.1, 0.15) is 43.3 Å². The number of rotatable bonds is 6. The Morgan fingerprint density at radius 3 is 2.52 bits per heavy atom. The standard InChI is InChI=1S/C16H23N5OS/c1-10(2)21-14(8-9-17-21)20-15(22)7-6-13-11(3)18-16(23-5)19-12(13)4/h8-10H,6-7H2,1-5H3,(H,20,22). The topological polar surface area (TPSA) is 72.7 Å². The molecule has 0 radical (unpaired) electrons. The van der Waals surface area contributed by atoms with Gasteiger partial charge in [-0.15, -0.1) is 0 Å². The van der Waals surface area contributed by atoms with Gasteiger partial charge in [0.2, 0.25) is 5.91 Å². The van der Waals surface area contributed by atoms with Crippen LogP contribution in [-0.2, 0) is 11.2 Å². The molecule has 2 rings (SSSR count). The van der Waals surface area contributed by atoms with Crippen molar-refractivity contribution in [3.8, 4) is 0 Å². The number of thioether (sulfide) groups is 1. The van der Waals surface area contributed by atoms with Crippen molar-refractivity contribution in [1.29, 1.82) is 0 Å². The van der Waals surface area contributed by atoms with E-state index in [1.54, 1.807) is 10.9 Å². The molecule has 0 aromatic carbocycles. The van der Waals surface area contributed by atoms with Gasteiger partial charge in [-0.05, 0) is 45.9 Å². The molecule has 0 unspecified atom stereocenters. The Morgan fingerprint density at radius 2 is 1.96 bits per heavy atom. The monoisotopic (exact) mass is 333 g/mol. The van der Waals surface area contributed by atoms with Crippen LogP contribution in [0, 0.1) is 13.8 Å². The molecule has 0 atom stereocenters. The number of carbonyl (C=O) groups excluding carboxylic acids is 1. The van der Waals surface area contributed by atoms with Crippen LogP contribution in [0.4, 0.5) is 5.82 Å². The van der Waals surface area contributed by atoms with Crippen molar-refractivity contribution in [2.24, 2.45) is 0 Å². The summed E-state index contributed by atoms with van der Waals surface area (Å²) in [6.07, 6.45) is 4.68. The summed E-state index contributed by atoms with van der Waals surface area (Å²) in [5.74, 6) is 0.701.